The van der Waals surface area contributed by atoms with Crippen molar-refractivity contribution in [1.29, 1.82) is 0 Å². The first-order valence-electron chi connectivity index (χ1n) is 7.49. The summed E-state index contributed by atoms with van der Waals surface area (Å²) in [6, 6.07) is 6.05. The summed E-state index contributed by atoms with van der Waals surface area (Å²) in [7, 11) is 0. The lowest BCUT2D eigenvalue weighted by molar-refractivity contribution is 0.0584. The summed E-state index contributed by atoms with van der Waals surface area (Å²) in [4.78, 5) is 21.8. The SMILES string of the molecule is Cc1cnc(-c2cccc3c2N(C(=O)OC(C)(C)C)CC3)[nH]1. The Bertz CT molecular complexity index is 713. The number of carbonyl (C=O) groups excluding carboxylic acids is 1. The van der Waals surface area contributed by atoms with Crippen LogP contribution < -0.4 is 4.90 Å². The predicted octanol–water partition coefficient (Wildman–Crippen LogP) is 3.68. The van der Waals surface area contributed by atoms with E-state index in [1.807, 2.05) is 39.8 Å². The molecule has 0 saturated heterocycles. The quantitative estimate of drug-likeness (QED) is 0.873. The molecule has 2 heterocycles. The maximum absolute atomic E-state index is 12.5. The molecule has 0 saturated carbocycles. The van der Waals surface area contributed by atoms with Crippen LogP contribution in [-0.2, 0) is 11.2 Å². The molecule has 3 rings (SSSR count). The molecule has 0 atom stereocenters. The number of para-hydroxylation sites is 1. The van der Waals surface area contributed by atoms with Crippen LogP contribution in [0.1, 0.15) is 32.0 Å². The Kier molecular flexibility index (Phi) is 3.43. The van der Waals surface area contributed by atoms with Gasteiger partial charge in [0.2, 0.25) is 0 Å². The van der Waals surface area contributed by atoms with Gasteiger partial charge in [0, 0.05) is 24.0 Å². The van der Waals surface area contributed by atoms with Gasteiger partial charge in [-0.15, -0.1) is 0 Å². The summed E-state index contributed by atoms with van der Waals surface area (Å²) in [6.45, 7) is 8.24. The van der Waals surface area contributed by atoms with Crippen LogP contribution in [0, 0.1) is 6.92 Å². The number of fused-ring (bicyclic) bond motifs is 1. The van der Waals surface area contributed by atoms with Crippen molar-refractivity contribution in [2.75, 3.05) is 11.4 Å². The summed E-state index contributed by atoms with van der Waals surface area (Å²) >= 11 is 0. The number of nitrogens with one attached hydrogen (secondary N) is 1. The fourth-order valence-corrected chi connectivity index (χ4v) is 2.70. The van der Waals surface area contributed by atoms with Gasteiger partial charge in [-0.25, -0.2) is 9.78 Å². The predicted molar refractivity (Wildman–Crippen MR) is 86.0 cm³/mol. The third-order valence-corrected chi connectivity index (χ3v) is 3.57. The van der Waals surface area contributed by atoms with E-state index in [0.717, 1.165) is 34.8 Å². The average molecular weight is 299 g/mol. The number of imidazole rings is 1. The minimum Gasteiger partial charge on any atom is -0.443 e. The molecule has 5 nitrogen and oxygen atoms in total. The zero-order valence-corrected chi connectivity index (χ0v) is 13.4. The Morgan fingerprint density at radius 2 is 2.14 bits per heavy atom. The van der Waals surface area contributed by atoms with E-state index in [4.69, 9.17) is 4.74 Å². The summed E-state index contributed by atoms with van der Waals surface area (Å²) in [5.41, 5.74) is 3.49. The topological polar surface area (TPSA) is 58.2 Å². The van der Waals surface area contributed by atoms with E-state index in [2.05, 4.69) is 16.0 Å². The number of hydrogen-bond acceptors (Lipinski definition) is 3. The smallest absolute Gasteiger partial charge is 0.414 e. The molecule has 0 fully saturated rings. The Balaban J connectivity index is 2.01. The third kappa shape index (κ3) is 2.71. The maximum atomic E-state index is 12.5. The number of carbonyl (C=O) groups is 1. The van der Waals surface area contributed by atoms with E-state index in [-0.39, 0.29) is 6.09 Å². The number of rotatable bonds is 1. The zero-order valence-electron chi connectivity index (χ0n) is 13.4. The molecular formula is C17H21N3O2. The normalized spacial score (nSPS) is 14.1. The van der Waals surface area contributed by atoms with E-state index < -0.39 is 5.60 Å². The third-order valence-electron chi connectivity index (χ3n) is 3.57. The van der Waals surface area contributed by atoms with Gasteiger partial charge in [-0.2, -0.15) is 0 Å². The molecule has 0 radical (unpaired) electrons. The van der Waals surface area contributed by atoms with Crippen LogP contribution in [0.4, 0.5) is 10.5 Å². The highest BCUT2D eigenvalue weighted by atomic mass is 16.6. The molecule has 0 aliphatic carbocycles. The molecule has 1 aromatic carbocycles. The number of hydrogen-bond donors (Lipinski definition) is 1. The molecule has 1 aliphatic heterocycles. The van der Waals surface area contributed by atoms with E-state index in [0.29, 0.717) is 6.54 Å². The molecule has 2 aromatic rings. The lowest BCUT2D eigenvalue weighted by Gasteiger charge is -2.25. The summed E-state index contributed by atoms with van der Waals surface area (Å²) in [5.74, 6) is 0.782. The van der Waals surface area contributed by atoms with E-state index in [1.54, 1.807) is 11.1 Å². The number of amides is 1. The van der Waals surface area contributed by atoms with Crippen LogP contribution >= 0.6 is 0 Å². The first-order chi connectivity index (χ1) is 10.3. The molecule has 1 N–H and O–H groups in total. The van der Waals surface area contributed by atoms with Gasteiger partial charge >= 0.3 is 6.09 Å². The minimum absolute atomic E-state index is 0.304. The Hall–Kier alpha value is -2.30. The molecule has 1 amide bonds. The molecule has 1 aliphatic rings. The van der Waals surface area contributed by atoms with Crippen LogP contribution in [0.5, 0.6) is 0 Å². The van der Waals surface area contributed by atoms with Crippen molar-refractivity contribution in [1.82, 2.24) is 9.97 Å². The Labute approximate surface area is 130 Å². The van der Waals surface area contributed by atoms with E-state index in [1.165, 1.54) is 0 Å². The number of nitrogens with zero attached hydrogens (tertiary/aromatic N) is 2. The second-order valence-electron chi connectivity index (χ2n) is 6.61. The molecule has 0 spiro atoms. The van der Waals surface area contributed by atoms with Crippen LogP contribution in [-0.4, -0.2) is 28.2 Å². The standard InChI is InChI=1S/C17H21N3O2/c1-11-10-18-15(19-11)13-7-5-6-12-8-9-20(14(12)13)16(21)22-17(2,3)4/h5-7,10H,8-9H2,1-4H3,(H,18,19). The maximum Gasteiger partial charge on any atom is 0.414 e. The van der Waals surface area contributed by atoms with E-state index in [9.17, 15) is 4.79 Å². The number of H-pyrrole nitrogens is 1. The molecular weight excluding hydrogens is 278 g/mol. The lowest BCUT2D eigenvalue weighted by atomic mass is 10.1. The highest BCUT2D eigenvalue weighted by Gasteiger charge is 2.31. The minimum atomic E-state index is -0.504. The summed E-state index contributed by atoms with van der Waals surface area (Å²) < 4.78 is 5.53. The monoisotopic (exact) mass is 299 g/mol. The fourth-order valence-electron chi connectivity index (χ4n) is 2.70. The van der Waals surface area contributed by atoms with Gasteiger partial charge < -0.3 is 9.72 Å². The number of anilines is 1. The molecule has 116 valence electrons. The number of ether oxygens (including phenoxy) is 1. The van der Waals surface area contributed by atoms with Gasteiger partial charge in [-0.1, -0.05) is 12.1 Å². The Morgan fingerprint density at radius 1 is 1.36 bits per heavy atom. The Morgan fingerprint density at radius 3 is 2.77 bits per heavy atom. The highest BCUT2D eigenvalue weighted by molar-refractivity contribution is 5.96. The molecule has 5 heteroatoms. The summed E-state index contributed by atoms with van der Waals surface area (Å²) in [5, 5.41) is 0. The van der Waals surface area contributed by atoms with Gasteiger partial charge in [-0.3, -0.25) is 4.90 Å². The highest BCUT2D eigenvalue weighted by Crippen LogP contribution is 2.37. The molecule has 0 bridgehead atoms. The first-order valence-corrected chi connectivity index (χ1v) is 7.49. The number of aromatic amines is 1. The van der Waals surface area contributed by atoms with Crippen molar-refractivity contribution < 1.29 is 9.53 Å². The van der Waals surface area contributed by atoms with Gasteiger partial charge in [-0.05, 0) is 45.7 Å². The van der Waals surface area contributed by atoms with Crippen LogP contribution in [0.2, 0.25) is 0 Å². The van der Waals surface area contributed by atoms with Crippen molar-refractivity contribution in [3.63, 3.8) is 0 Å². The number of aryl methyl sites for hydroxylation is 1. The largest absolute Gasteiger partial charge is 0.443 e. The van der Waals surface area contributed by atoms with Gasteiger partial charge in [0.15, 0.2) is 0 Å². The molecule has 0 unspecified atom stereocenters. The van der Waals surface area contributed by atoms with Gasteiger partial charge in [0.1, 0.15) is 11.4 Å². The second-order valence-corrected chi connectivity index (χ2v) is 6.61. The van der Waals surface area contributed by atoms with Crippen LogP contribution in [0.15, 0.2) is 24.4 Å². The second kappa shape index (κ2) is 5.16. The molecule has 22 heavy (non-hydrogen) atoms. The zero-order chi connectivity index (χ0) is 15.9. The van der Waals surface area contributed by atoms with Crippen LogP contribution in [0.3, 0.4) is 0 Å². The average Bonchev–Trinajstić information content (AvgIpc) is 3.02. The van der Waals surface area contributed by atoms with Gasteiger partial charge in [0.25, 0.3) is 0 Å². The van der Waals surface area contributed by atoms with Crippen molar-refractivity contribution >= 4 is 11.8 Å². The van der Waals surface area contributed by atoms with Crippen LogP contribution in [0.25, 0.3) is 11.4 Å². The first kappa shape index (κ1) is 14.6. The fraction of sp³-hybridized carbons (Fsp3) is 0.412. The van der Waals surface area contributed by atoms with Crippen molar-refractivity contribution in [3.8, 4) is 11.4 Å². The number of aromatic nitrogens is 2. The van der Waals surface area contributed by atoms with E-state index >= 15 is 0 Å². The molecule has 1 aromatic heterocycles. The van der Waals surface area contributed by atoms with Crippen molar-refractivity contribution in [3.05, 3.63) is 35.7 Å². The van der Waals surface area contributed by atoms with Crippen molar-refractivity contribution in [2.24, 2.45) is 0 Å². The number of benzene rings is 1. The van der Waals surface area contributed by atoms with Crippen molar-refractivity contribution in [2.45, 2.75) is 39.7 Å². The van der Waals surface area contributed by atoms with Gasteiger partial charge in [0.05, 0.1) is 5.69 Å². The lowest BCUT2D eigenvalue weighted by Crippen LogP contribution is -2.36. The summed E-state index contributed by atoms with van der Waals surface area (Å²) in [6.07, 6.45) is 2.32.